The van der Waals surface area contributed by atoms with E-state index in [1.54, 1.807) is 4.90 Å². The van der Waals surface area contributed by atoms with E-state index in [0.717, 1.165) is 46.3 Å². The summed E-state index contributed by atoms with van der Waals surface area (Å²) in [5.41, 5.74) is 4.41. The number of H-pyrrole nitrogens is 1. The van der Waals surface area contributed by atoms with Crippen LogP contribution in [0.4, 0.5) is 10.5 Å². The summed E-state index contributed by atoms with van der Waals surface area (Å²) in [5.74, 6) is -0.469. The van der Waals surface area contributed by atoms with Gasteiger partial charge in [0.1, 0.15) is 11.2 Å². The van der Waals surface area contributed by atoms with E-state index < -0.39 is 11.5 Å². The molecule has 2 amide bonds. The summed E-state index contributed by atoms with van der Waals surface area (Å²) in [6, 6.07) is 19.6. The van der Waals surface area contributed by atoms with Gasteiger partial charge in [0.05, 0.1) is 17.6 Å². The van der Waals surface area contributed by atoms with Crippen LogP contribution in [-0.4, -0.2) is 76.1 Å². The molecule has 2 atom stereocenters. The second-order valence-electron chi connectivity index (χ2n) is 12.4. The first-order valence-electron chi connectivity index (χ1n) is 15.0. The van der Waals surface area contributed by atoms with Gasteiger partial charge in [-0.15, -0.1) is 0 Å². The van der Waals surface area contributed by atoms with Crippen LogP contribution in [0.15, 0.2) is 73.1 Å². The SMILES string of the molecule is CC(C)(C)OC(=O)N1CCCC1C(C(=O)N1CCN(c2c(-c3ccccc3)cnc3[nH]ccc23)CC1)c1ccc(Cl)cc1. The van der Waals surface area contributed by atoms with Crippen molar-refractivity contribution in [2.24, 2.45) is 0 Å². The summed E-state index contributed by atoms with van der Waals surface area (Å²) in [4.78, 5) is 41.6. The van der Waals surface area contributed by atoms with E-state index in [1.165, 1.54) is 0 Å². The van der Waals surface area contributed by atoms with Crippen LogP contribution in [0, 0.1) is 0 Å². The lowest BCUT2D eigenvalue weighted by molar-refractivity contribution is -0.134. The fourth-order valence-electron chi connectivity index (χ4n) is 6.40. The zero-order valence-corrected chi connectivity index (χ0v) is 25.7. The summed E-state index contributed by atoms with van der Waals surface area (Å²) < 4.78 is 5.75. The number of carbonyl (C=O) groups excluding carboxylic acids is 2. The molecule has 0 bridgehead atoms. The van der Waals surface area contributed by atoms with Crippen molar-refractivity contribution in [3.63, 3.8) is 0 Å². The maximum Gasteiger partial charge on any atom is 0.410 e. The number of halogens is 1. The van der Waals surface area contributed by atoms with E-state index in [2.05, 4.69) is 33.1 Å². The van der Waals surface area contributed by atoms with Crippen molar-refractivity contribution in [3.05, 3.63) is 83.6 Å². The minimum absolute atomic E-state index is 0.0345. The van der Waals surface area contributed by atoms with Gasteiger partial charge >= 0.3 is 6.09 Å². The molecule has 2 aromatic carbocycles. The summed E-state index contributed by atoms with van der Waals surface area (Å²) >= 11 is 6.23. The third kappa shape index (κ3) is 6.07. The number of nitrogens with one attached hydrogen (secondary N) is 1. The van der Waals surface area contributed by atoms with Crippen LogP contribution in [0.1, 0.15) is 45.1 Å². The van der Waals surface area contributed by atoms with E-state index in [4.69, 9.17) is 16.3 Å². The molecule has 0 radical (unpaired) electrons. The molecule has 8 nitrogen and oxygen atoms in total. The van der Waals surface area contributed by atoms with E-state index in [-0.39, 0.29) is 18.0 Å². The van der Waals surface area contributed by atoms with Gasteiger partial charge in [0.15, 0.2) is 0 Å². The van der Waals surface area contributed by atoms with Crippen molar-refractivity contribution in [3.8, 4) is 11.1 Å². The summed E-state index contributed by atoms with van der Waals surface area (Å²) in [7, 11) is 0. The quantitative estimate of drug-likeness (QED) is 0.276. The Bertz CT molecular complexity index is 1590. The van der Waals surface area contributed by atoms with Crippen molar-refractivity contribution in [1.82, 2.24) is 19.8 Å². The van der Waals surface area contributed by atoms with Crippen LogP contribution in [0.2, 0.25) is 5.02 Å². The first-order valence-corrected chi connectivity index (χ1v) is 15.4. The lowest BCUT2D eigenvalue weighted by Crippen LogP contribution is -2.53. The number of rotatable bonds is 5. The van der Waals surface area contributed by atoms with Crippen LogP contribution < -0.4 is 4.90 Å². The number of piperazine rings is 1. The van der Waals surface area contributed by atoms with Gasteiger partial charge in [-0.05, 0) is 62.9 Å². The molecule has 6 rings (SSSR count). The smallest absolute Gasteiger partial charge is 0.410 e. The van der Waals surface area contributed by atoms with Gasteiger partial charge in [-0.2, -0.15) is 0 Å². The molecule has 0 aliphatic carbocycles. The number of aromatic amines is 1. The van der Waals surface area contributed by atoms with E-state index >= 15 is 0 Å². The summed E-state index contributed by atoms with van der Waals surface area (Å²) in [6.45, 7) is 8.68. The Labute approximate surface area is 257 Å². The number of carbonyl (C=O) groups is 2. The van der Waals surface area contributed by atoms with Gasteiger partial charge < -0.3 is 24.4 Å². The largest absolute Gasteiger partial charge is 0.444 e. The molecule has 0 saturated carbocycles. The number of hydrogen-bond donors (Lipinski definition) is 1. The fraction of sp³-hybridized carbons (Fsp3) is 0.382. The van der Waals surface area contributed by atoms with Crippen LogP contribution in [-0.2, 0) is 9.53 Å². The predicted octanol–water partition coefficient (Wildman–Crippen LogP) is 6.72. The second-order valence-corrected chi connectivity index (χ2v) is 12.8. The second kappa shape index (κ2) is 11.9. The number of anilines is 1. The summed E-state index contributed by atoms with van der Waals surface area (Å²) in [5, 5.41) is 1.68. The third-order valence-electron chi connectivity index (χ3n) is 8.36. The standard InChI is InChI=1S/C34H38ClN5O3/c1-34(2,3)43-33(42)40-17-7-10-28(40)29(24-11-13-25(35)14-12-24)32(41)39-20-18-38(19-21-39)30-26-15-16-36-31(26)37-22-27(30)23-8-5-4-6-9-23/h4-6,8-9,11-16,22,28-29H,7,10,17-21H2,1-3H3,(H,36,37). The number of fused-ring (bicyclic) bond motifs is 1. The number of pyridine rings is 1. The molecular weight excluding hydrogens is 562 g/mol. The molecule has 2 saturated heterocycles. The number of ether oxygens (including phenoxy) is 1. The lowest BCUT2D eigenvalue weighted by Gasteiger charge is -2.40. The van der Waals surface area contributed by atoms with Crippen LogP contribution in [0.5, 0.6) is 0 Å². The fourth-order valence-corrected chi connectivity index (χ4v) is 6.52. The topological polar surface area (TPSA) is 81.8 Å². The van der Waals surface area contributed by atoms with E-state index in [1.807, 2.05) is 80.5 Å². The number of nitrogens with zero attached hydrogens (tertiary/aromatic N) is 4. The third-order valence-corrected chi connectivity index (χ3v) is 8.61. The van der Waals surface area contributed by atoms with Crippen molar-refractivity contribution in [2.45, 2.75) is 51.2 Å². The number of hydrogen-bond acceptors (Lipinski definition) is 5. The Morgan fingerprint density at radius 1 is 0.977 bits per heavy atom. The molecule has 224 valence electrons. The Kier molecular flexibility index (Phi) is 8.05. The monoisotopic (exact) mass is 599 g/mol. The molecule has 4 heterocycles. The zero-order chi connectivity index (χ0) is 30.1. The number of aromatic nitrogens is 2. The molecule has 1 N–H and O–H groups in total. The van der Waals surface area contributed by atoms with Gasteiger partial charge in [-0.1, -0.05) is 54.1 Å². The van der Waals surface area contributed by atoms with Crippen LogP contribution in [0.3, 0.4) is 0 Å². The molecule has 2 aliphatic rings. The highest BCUT2D eigenvalue weighted by Crippen LogP contribution is 2.38. The van der Waals surface area contributed by atoms with Gasteiger partial charge in [-0.25, -0.2) is 9.78 Å². The Morgan fingerprint density at radius 2 is 1.70 bits per heavy atom. The molecule has 2 aliphatic heterocycles. The first-order chi connectivity index (χ1) is 20.7. The maximum absolute atomic E-state index is 14.4. The number of likely N-dealkylation sites (tertiary alicyclic amines) is 1. The van der Waals surface area contributed by atoms with E-state index in [0.29, 0.717) is 37.7 Å². The Morgan fingerprint density at radius 3 is 2.40 bits per heavy atom. The van der Waals surface area contributed by atoms with Crippen LogP contribution in [0.25, 0.3) is 22.2 Å². The normalized spacial score (nSPS) is 18.2. The highest BCUT2D eigenvalue weighted by molar-refractivity contribution is 6.30. The van der Waals surface area contributed by atoms with Crippen molar-refractivity contribution in [1.29, 1.82) is 0 Å². The Balaban J connectivity index is 1.26. The van der Waals surface area contributed by atoms with Gasteiger partial charge in [-0.3, -0.25) is 4.79 Å². The molecule has 2 fully saturated rings. The van der Waals surface area contributed by atoms with Crippen molar-refractivity contribution >= 4 is 40.3 Å². The van der Waals surface area contributed by atoms with Gasteiger partial charge in [0.2, 0.25) is 5.91 Å². The maximum atomic E-state index is 14.4. The van der Waals surface area contributed by atoms with Crippen LogP contribution >= 0.6 is 11.6 Å². The minimum atomic E-state index is -0.614. The zero-order valence-electron chi connectivity index (χ0n) is 24.9. The molecule has 43 heavy (non-hydrogen) atoms. The highest BCUT2D eigenvalue weighted by Gasteiger charge is 2.43. The predicted molar refractivity (Wildman–Crippen MR) is 170 cm³/mol. The lowest BCUT2D eigenvalue weighted by atomic mass is 9.88. The van der Waals surface area contributed by atoms with Crippen molar-refractivity contribution in [2.75, 3.05) is 37.6 Å². The average molecular weight is 600 g/mol. The van der Waals surface area contributed by atoms with Gasteiger partial charge in [0.25, 0.3) is 0 Å². The van der Waals surface area contributed by atoms with Crippen molar-refractivity contribution < 1.29 is 14.3 Å². The highest BCUT2D eigenvalue weighted by atomic mass is 35.5. The molecule has 0 spiro atoms. The Hall–Kier alpha value is -4.04. The van der Waals surface area contributed by atoms with E-state index in [9.17, 15) is 9.59 Å². The summed E-state index contributed by atoms with van der Waals surface area (Å²) in [6.07, 6.45) is 5.05. The molecular formula is C34H38ClN5O3. The van der Waals surface area contributed by atoms with Gasteiger partial charge in [0, 0.05) is 61.1 Å². The average Bonchev–Trinajstić information content (AvgIpc) is 3.68. The molecule has 2 unspecified atom stereocenters. The molecule has 2 aromatic heterocycles. The number of benzene rings is 2. The number of amides is 2. The molecule has 9 heteroatoms. The minimum Gasteiger partial charge on any atom is -0.444 e. The molecule has 4 aromatic rings. The first kappa shape index (κ1) is 29.1.